The lowest BCUT2D eigenvalue weighted by Crippen LogP contribution is -3.10. The van der Waals surface area contributed by atoms with E-state index in [1.54, 1.807) is 23.1 Å². The van der Waals surface area contributed by atoms with Crippen molar-refractivity contribution in [2.45, 2.75) is 17.9 Å². The molecular formula is C19H22N3OS2+. The number of nitrogens with zero attached hydrogens (tertiary/aromatic N) is 1. The average Bonchev–Trinajstić information content (AvgIpc) is 3.05. The first-order valence-electron chi connectivity index (χ1n) is 8.18. The second-order valence-electron chi connectivity index (χ2n) is 6.04. The Hall–Kier alpha value is -1.89. The number of aromatic nitrogens is 1. The highest BCUT2D eigenvalue weighted by Gasteiger charge is 2.22. The van der Waals surface area contributed by atoms with E-state index in [-0.39, 0.29) is 11.9 Å². The second kappa shape index (κ2) is 7.99. The van der Waals surface area contributed by atoms with Crippen LogP contribution in [-0.4, -0.2) is 30.7 Å². The molecule has 4 nitrogen and oxygen atoms in total. The molecule has 0 radical (unpaired) electrons. The third-order valence-electron chi connectivity index (χ3n) is 4.21. The highest BCUT2D eigenvalue weighted by Crippen LogP contribution is 2.24. The molecule has 0 spiro atoms. The molecule has 6 heteroatoms. The number of nitrogens with one attached hydrogen (secondary N) is 2. The lowest BCUT2D eigenvalue weighted by Gasteiger charge is -2.19. The summed E-state index contributed by atoms with van der Waals surface area (Å²) in [5.74, 6) is 0.0173. The first kappa shape index (κ1) is 17.9. The van der Waals surface area contributed by atoms with Crippen molar-refractivity contribution in [1.29, 1.82) is 0 Å². The zero-order chi connectivity index (χ0) is 17.8. The van der Waals surface area contributed by atoms with Gasteiger partial charge in [0.25, 0.3) is 5.91 Å². The maximum atomic E-state index is 12.4. The van der Waals surface area contributed by atoms with Crippen molar-refractivity contribution in [3.05, 3.63) is 53.5 Å². The highest BCUT2D eigenvalue weighted by molar-refractivity contribution is 7.98. The van der Waals surface area contributed by atoms with E-state index in [1.807, 2.05) is 55.8 Å². The zero-order valence-electron chi connectivity index (χ0n) is 14.6. The van der Waals surface area contributed by atoms with Crippen molar-refractivity contribution >= 4 is 44.9 Å². The second-order valence-corrected chi connectivity index (χ2v) is 7.99. The molecule has 3 aromatic rings. The van der Waals surface area contributed by atoms with Gasteiger partial charge in [0, 0.05) is 10.6 Å². The van der Waals surface area contributed by atoms with Crippen molar-refractivity contribution in [2.75, 3.05) is 25.2 Å². The number of benzene rings is 2. The Morgan fingerprint density at radius 2 is 2.08 bits per heavy atom. The average molecular weight is 373 g/mol. The van der Waals surface area contributed by atoms with Gasteiger partial charge in [-0.3, -0.25) is 4.79 Å². The van der Waals surface area contributed by atoms with E-state index in [4.69, 9.17) is 4.98 Å². The smallest absolute Gasteiger partial charge is 0.279 e. The molecule has 25 heavy (non-hydrogen) atoms. The van der Waals surface area contributed by atoms with E-state index in [1.165, 1.54) is 4.70 Å². The highest BCUT2D eigenvalue weighted by atomic mass is 32.2. The molecule has 1 heterocycles. The number of carbonyl (C=O) groups excluding carboxylic acids is 1. The number of hydrogen-bond donors (Lipinski definition) is 2. The maximum Gasteiger partial charge on any atom is 0.279 e. The molecular weight excluding hydrogens is 350 g/mol. The van der Waals surface area contributed by atoms with Gasteiger partial charge in [-0.25, -0.2) is 4.98 Å². The molecule has 0 aliphatic heterocycles. The number of thiazole rings is 1. The number of fused-ring (bicyclic) bond motifs is 1. The number of anilines is 1. The summed E-state index contributed by atoms with van der Waals surface area (Å²) in [5, 5.41) is 4.06. The minimum Gasteiger partial charge on any atom is -0.322 e. The summed E-state index contributed by atoms with van der Waals surface area (Å²) in [6.45, 7) is 2.52. The van der Waals surface area contributed by atoms with E-state index in [0.29, 0.717) is 6.54 Å². The maximum absolute atomic E-state index is 12.4. The summed E-state index contributed by atoms with van der Waals surface area (Å²) in [4.78, 5) is 19.3. The number of quaternary nitrogens is 1. The predicted octanol–water partition coefficient (Wildman–Crippen LogP) is 3.23. The monoisotopic (exact) mass is 372 g/mol. The van der Waals surface area contributed by atoms with E-state index in [0.717, 1.165) is 26.0 Å². The number of thioether (sulfide) groups is 1. The van der Waals surface area contributed by atoms with Crippen LogP contribution in [0.5, 0.6) is 0 Å². The van der Waals surface area contributed by atoms with Crippen LogP contribution in [0.25, 0.3) is 10.2 Å². The third kappa shape index (κ3) is 4.39. The van der Waals surface area contributed by atoms with E-state index < -0.39 is 0 Å². The fraction of sp³-hybridized carbons (Fsp3) is 0.263. The number of amides is 1. The van der Waals surface area contributed by atoms with Gasteiger partial charge in [-0.15, -0.1) is 23.1 Å². The first-order valence-corrected chi connectivity index (χ1v) is 10.2. The van der Waals surface area contributed by atoms with Gasteiger partial charge in [0.15, 0.2) is 11.6 Å². The van der Waals surface area contributed by atoms with Crippen molar-refractivity contribution in [1.82, 2.24) is 4.98 Å². The molecule has 0 bridgehead atoms. The molecule has 0 saturated carbocycles. The van der Waals surface area contributed by atoms with Gasteiger partial charge < -0.3 is 10.2 Å². The number of para-hydroxylation sites is 1. The Morgan fingerprint density at radius 3 is 2.84 bits per heavy atom. The summed E-state index contributed by atoms with van der Waals surface area (Å²) in [7, 11) is 2.04. The van der Waals surface area contributed by atoms with Gasteiger partial charge in [-0.05, 0) is 43.5 Å². The van der Waals surface area contributed by atoms with Crippen LogP contribution in [0.1, 0.15) is 18.0 Å². The van der Waals surface area contributed by atoms with Crippen molar-refractivity contribution in [2.24, 2.45) is 0 Å². The van der Waals surface area contributed by atoms with Crippen LogP contribution in [0.2, 0.25) is 0 Å². The Bertz CT molecular complexity index is 845. The lowest BCUT2D eigenvalue weighted by molar-refractivity contribution is -0.902. The summed E-state index contributed by atoms with van der Waals surface area (Å²) in [6, 6.07) is 16.2. The van der Waals surface area contributed by atoms with Gasteiger partial charge in [0.2, 0.25) is 0 Å². The van der Waals surface area contributed by atoms with Crippen LogP contribution in [0.3, 0.4) is 0 Å². The summed E-state index contributed by atoms with van der Waals surface area (Å²) in [6.07, 6.45) is 2.03. The first-order chi connectivity index (χ1) is 12.1. The molecule has 2 N–H and O–H groups in total. The minimum absolute atomic E-state index is 0.0173. The van der Waals surface area contributed by atoms with Crippen molar-refractivity contribution in [3.8, 4) is 0 Å². The van der Waals surface area contributed by atoms with E-state index in [9.17, 15) is 4.79 Å². The van der Waals surface area contributed by atoms with Gasteiger partial charge in [0.05, 0.1) is 17.3 Å². The van der Waals surface area contributed by atoms with Crippen LogP contribution in [0.4, 0.5) is 5.69 Å². The van der Waals surface area contributed by atoms with Crippen LogP contribution in [0.15, 0.2) is 53.4 Å². The molecule has 1 amide bonds. The fourth-order valence-electron chi connectivity index (χ4n) is 2.60. The van der Waals surface area contributed by atoms with Crippen LogP contribution >= 0.6 is 23.1 Å². The normalized spacial score (nSPS) is 13.6. The van der Waals surface area contributed by atoms with Crippen LogP contribution in [-0.2, 0) is 4.79 Å². The number of rotatable bonds is 6. The fourth-order valence-corrected chi connectivity index (χ4v) is 4.17. The lowest BCUT2D eigenvalue weighted by atomic mass is 10.3. The summed E-state index contributed by atoms with van der Waals surface area (Å²) in [5.41, 5.74) is 1.87. The quantitative estimate of drug-likeness (QED) is 0.653. The Balaban J connectivity index is 1.63. The topological polar surface area (TPSA) is 46.4 Å². The molecule has 130 valence electrons. The van der Waals surface area contributed by atoms with E-state index >= 15 is 0 Å². The number of hydrogen-bond acceptors (Lipinski definition) is 4. The third-order valence-corrected chi connectivity index (χ3v) is 6.16. The van der Waals surface area contributed by atoms with Crippen molar-refractivity contribution in [3.63, 3.8) is 0 Å². The largest absolute Gasteiger partial charge is 0.322 e. The molecule has 0 fully saturated rings. The Morgan fingerprint density at radius 1 is 1.28 bits per heavy atom. The van der Waals surface area contributed by atoms with Gasteiger partial charge in [-0.2, -0.15) is 0 Å². The van der Waals surface area contributed by atoms with Gasteiger partial charge >= 0.3 is 0 Å². The number of likely N-dealkylation sites (N-methyl/N-ethyl adjacent to an activating group) is 1. The zero-order valence-corrected chi connectivity index (χ0v) is 16.2. The molecule has 1 aromatic heterocycles. The molecule has 3 rings (SSSR count). The summed E-state index contributed by atoms with van der Waals surface area (Å²) >= 11 is 3.37. The van der Waals surface area contributed by atoms with Gasteiger partial charge in [-0.1, -0.05) is 18.2 Å². The van der Waals surface area contributed by atoms with E-state index in [2.05, 4.69) is 18.3 Å². The molecule has 0 saturated heterocycles. The number of carbonyl (C=O) groups is 1. The van der Waals surface area contributed by atoms with Crippen molar-refractivity contribution < 1.29 is 9.69 Å². The standard InChI is InChI=1S/C19H21N3OS2/c1-13(19-21-16-9-4-5-10-17(16)25-19)22(2)12-18(23)20-14-7-6-8-15(11-14)24-3/h4-11,13H,12H2,1-3H3,(H,20,23)/p+1/t13-/m1/s1. The van der Waals surface area contributed by atoms with Crippen LogP contribution < -0.4 is 10.2 Å². The summed E-state index contributed by atoms with van der Waals surface area (Å²) < 4.78 is 1.19. The molecule has 0 aliphatic carbocycles. The van der Waals surface area contributed by atoms with Crippen LogP contribution in [0, 0.1) is 0 Å². The molecule has 1 unspecified atom stereocenters. The molecule has 2 aromatic carbocycles. The SMILES string of the molecule is CSc1cccc(NC(=O)C[NH+](C)[C@H](C)c2nc3ccccc3s2)c1. The molecule has 2 atom stereocenters. The Kier molecular flexibility index (Phi) is 5.73. The predicted molar refractivity (Wildman–Crippen MR) is 107 cm³/mol. The van der Waals surface area contributed by atoms with Gasteiger partial charge in [0.1, 0.15) is 6.04 Å². The molecule has 0 aliphatic rings. The minimum atomic E-state index is 0.0173. The Labute approximate surface area is 156 Å².